The minimum atomic E-state index is 0.943. The summed E-state index contributed by atoms with van der Waals surface area (Å²) in [5, 5.41) is 1.96. The Labute approximate surface area is 75.1 Å². The van der Waals surface area contributed by atoms with Crippen LogP contribution in [0.25, 0.3) is 0 Å². The fourth-order valence-corrected chi connectivity index (χ4v) is 3.31. The second-order valence-corrected chi connectivity index (χ2v) is 5.09. The highest BCUT2D eigenvalue weighted by atomic mass is 32.2. The zero-order valence-corrected chi connectivity index (χ0v) is 8.62. The molecule has 0 aromatic carbocycles. The second-order valence-electron chi connectivity index (χ2n) is 3.48. The average Bonchev–Trinajstić information content (AvgIpc) is 2.52. The average molecular weight is 172 g/mol. The van der Waals surface area contributed by atoms with Crippen LogP contribution in [-0.4, -0.2) is 10.5 Å². The van der Waals surface area contributed by atoms with Crippen molar-refractivity contribution in [1.82, 2.24) is 0 Å². The molecule has 0 spiro atoms. The molecule has 0 nitrogen and oxygen atoms in total. The molecule has 66 valence electrons. The largest absolute Gasteiger partial charge is 0.155 e. The molecule has 1 heteroatoms. The summed E-state index contributed by atoms with van der Waals surface area (Å²) < 4.78 is 0. The monoisotopic (exact) mass is 172 g/mol. The topological polar surface area (TPSA) is 0 Å². The van der Waals surface area contributed by atoms with Crippen LogP contribution in [0.15, 0.2) is 0 Å². The third-order valence-electron chi connectivity index (χ3n) is 2.60. The van der Waals surface area contributed by atoms with Gasteiger partial charge in [-0.1, -0.05) is 26.7 Å². The van der Waals surface area contributed by atoms with Crippen molar-refractivity contribution in [1.29, 1.82) is 0 Å². The van der Waals surface area contributed by atoms with Crippen molar-refractivity contribution in [2.24, 2.45) is 0 Å². The number of rotatable bonds is 4. The van der Waals surface area contributed by atoms with Gasteiger partial charge in [0.25, 0.3) is 0 Å². The second kappa shape index (κ2) is 5.08. The molecule has 11 heavy (non-hydrogen) atoms. The van der Waals surface area contributed by atoms with Gasteiger partial charge >= 0.3 is 0 Å². The summed E-state index contributed by atoms with van der Waals surface area (Å²) in [6, 6.07) is 0. The third-order valence-corrected chi connectivity index (χ3v) is 4.51. The minimum absolute atomic E-state index is 0.943. The van der Waals surface area contributed by atoms with Gasteiger partial charge in [-0.25, -0.2) is 0 Å². The smallest absolute Gasteiger partial charge is 0.00498 e. The van der Waals surface area contributed by atoms with E-state index < -0.39 is 0 Å². The van der Waals surface area contributed by atoms with Gasteiger partial charge in [0.15, 0.2) is 0 Å². The van der Waals surface area contributed by atoms with Crippen molar-refractivity contribution in [3.8, 4) is 0 Å². The van der Waals surface area contributed by atoms with Crippen LogP contribution in [0.1, 0.15) is 52.4 Å². The molecular weight excluding hydrogens is 152 g/mol. The summed E-state index contributed by atoms with van der Waals surface area (Å²) in [5.41, 5.74) is 0. The Bertz CT molecular complexity index is 91.0. The van der Waals surface area contributed by atoms with Gasteiger partial charge in [0.2, 0.25) is 0 Å². The molecule has 1 aliphatic rings. The van der Waals surface area contributed by atoms with Crippen LogP contribution >= 0.6 is 11.8 Å². The fraction of sp³-hybridized carbons (Fsp3) is 1.00. The van der Waals surface area contributed by atoms with Gasteiger partial charge in [-0.3, -0.25) is 0 Å². The van der Waals surface area contributed by atoms with Crippen LogP contribution in [0.2, 0.25) is 0 Å². The number of hydrogen-bond acceptors (Lipinski definition) is 1. The van der Waals surface area contributed by atoms with Gasteiger partial charge in [-0.15, -0.1) is 0 Å². The number of hydrogen-bond donors (Lipinski definition) is 0. The van der Waals surface area contributed by atoms with Crippen LogP contribution in [0.4, 0.5) is 0 Å². The Balaban J connectivity index is 2.16. The van der Waals surface area contributed by atoms with E-state index in [0.717, 1.165) is 10.5 Å². The molecule has 0 aromatic heterocycles. The van der Waals surface area contributed by atoms with E-state index in [2.05, 4.69) is 25.6 Å². The molecule has 0 saturated heterocycles. The summed E-state index contributed by atoms with van der Waals surface area (Å²) in [7, 11) is 0. The summed E-state index contributed by atoms with van der Waals surface area (Å²) in [4.78, 5) is 0. The molecule has 0 bridgehead atoms. The van der Waals surface area contributed by atoms with Crippen molar-refractivity contribution >= 4 is 11.8 Å². The first kappa shape index (κ1) is 9.44. The summed E-state index contributed by atoms with van der Waals surface area (Å²) in [6.07, 6.45) is 8.66. The van der Waals surface area contributed by atoms with E-state index in [1.54, 1.807) is 0 Å². The zero-order chi connectivity index (χ0) is 8.10. The highest BCUT2D eigenvalue weighted by Gasteiger charge is 2.18. The van der Waals surface area contributed by atoms with E-state index >= 15 is 0 Å². The van der Waals surface area contributed by atoms with E-state index in [-0.39, 0.29) is 0 Å². The molecule has 1 fully saturated rings. The standard InChI is InChI=1S/C10H20S/c1-3-9(4-2)11-10-7-5-6-8-10/h9-10H,3-8H2,1-2H3. The van der Waals surface area contributed by atoms with Crippen molar-refractivity contribution in [3.05, 3.63) is 0 Å². The van der Waals surface area contributed by atoms with E-state index in [4.69, 9.17) is 0 Å². The molecule has 1 rings (SSSR count). The van der Waals surface area contributed by atoms with Crippen molar-refractivity contribution in [3.63, 3.8) is 0 Å². The van der Waals surface area contributed by atoms with Gasteiger partial charge < -0.3 is 0 Å². The Morgan fingerprint density at radius 1 is 1.18 bits per heavy atom. The lowest BCUT2D eigenvalue weighted by atomic mass is 10.3. The quantitative estimate of drug-likeness (QED) is 0.620. The van der Waals surface area contributed by atoms with Crippen LogP contribution in [-0.2, 0) is 0 Å². The molecule has 0 unspecified atom stereocenters. The van der Waals surface area contributed by atoms with Gasteiger partial charge in [0.1, 0.15) is 0 Å². The SMILES string of the molecule is CCC(CC)SC1CCCC1. The molecular formula is C10H20S. The van der Waals surface area contributed by atoms with Gasteiger partial charge in [0.05, 0.1) is 0 Å². The lowest BCUT2D eigenvalue weighted by Gasteiger charge is -2.16. The molecule has 0 N–H and O–H groups in total. The maximum atomic E-state index is 2.32. The van der Waals surface area contributed by atoms with Gasteiger partial charge in [0, 0.05) is 10.5 Å². The van der Waals surface area contributed by atoms with E-state index in [1.165, 1.54) is 38.5 Å². The minimum Gasteiger partial charge on any atom is -0.155 e. The third kappa shape index (κ3) is 3.06. The van der Waals surface area contributed by atoms with Gasteiger partial charge in [-0.05, 0) is 25.7 Å². The molecule has 0 radical (unpaired) electrons. The Morgan fingerprint density at radius 2 is 1.73 bits per heavy atom. The van der Waals surface area contributed by atoms with Crippen molar-refractivity contribution < 1.29 is 0 Å². The fourth-order valence-electron chi connectivity index (χ4n) is 1.78. The van der Waals surface area contributed by atoms with E-state index in [0.29, 0.717) is 0 Å². The molecule has 0 aromatic rings. The molecule has 0 amide bonds. The van der Waals surface area contributed by atoms with Crippen molar-refractivity contribution in [2.75, 3.05) is 0 Å². The van der Waals surface area contributed by atoms with E-state index in [9.17, 15) is 0 Å². The maximum Gasteiger partial charge on any atom is 0.00498 e. The van der Waals surface area contributed by atoms with E-state index in [1.807, 2.05) is 0 Å². The zero-order valence-electron chi connectivity index (χ0n) is 7.81. The van der Waals surface area contributed by atoms with Crippen molar-refractivity contribution in [2.45, 2.75) is 62.9 Å². The van der Waals surface area contributed by atoms with Crippen LogP contribution in [0, 0.1) is 0 Å². The highest BCUT2D eigenvalue weighted by Crippen LogP contribution is 2.34. The Kier molecular flexibility index (Phi) is 4.36. The lowest BCUT2D eigenvalue weighted by Crippen LogP contribution is -2.05. The van der Waals surface area contributed by atoms with Gasteiger partial charge in [-0.2, -0.15) is 11.8 Å². The summed E-state index contributed by atoms with van der Waals surface area (Å²) >= 11 is 2.25. The maximum absolute atomic E-state index is 2.32. The first-order chi connectivity index (χ1) is 5.36. The molecule has 1 saturated carbocycles. The predicted molar refractivity (Wildman–Crippen MR) is 54.2 cm³/mol. The first-order valence-corrected chi connectivity index (χ1v) is 5.96. The highest BCUT2D eigenvalue weighted by molar-refractivity contribution is 8.00. The molecule has 0 atom stereocenters. The van der Waals surface area contributed by atoms with Crippen LogP contribution < -0.4 is 0 Å². The Morgan fingerprint density at radius 3 is 2.18 bits per heavy atom. The Hall–Kier alpha value is 0.350. The number of thioether (sulfide) groups is 1. The lowest BCUT2D eigenvalue weighted by molar-refractivity contribution is 0.778. The normalized spacial score (nSPS) is 19.9. The summed E-state index contributed by atoms with van der Waals surface area (Å²) in [6.45, 7) is 4.63. The first-order valence-electron chi connectivity index (χ1n) is 5.02. The molecule has 0 heterocycles. The molecule has 1 aliphatic carbocycles. The predicted octanol–water partition coefficient (Wildman–Crippen LogP) is 3.85. The summed E-state index contributed by atoms with van der Waals surface area (Å²) in [5.74, 6) is 0. The van der Waals surface area contributed by atoms with Crippen LogP contribution in [0.3, 0.4) is 0 Å². The molecule has 0 aliphatic heterocycles. The van der Waals surface area contributed by atoms with Crippen LogP contribution in [0.5, 0.6) is 0 Å².